The highest BCUT2D eigenvalue weighted by Crippen LogP contribution is 2.35. The molecule has 0 aliphatic carbocycles. The van der Waals surface area contributed by atoms with E-state index in [9.17, 15) is 0 Å². The van der Waals surface area contributed by atoms with Gasteiger partial charge in [-0.15, -0.1) is 0 Å². The van der Waals surface area contributed by atoms with Crippen molar-refractivity contribution in [2.24, 2.45) is 14.1 Å². The van der Waals surface area contributed by atoms with Crippen molar-refractivity contribution in [1.82, 2.24) is 19.3 Å². The lowest BCUT2D eigenvalue weighted by molar-refractivity contribution is 0.781. The molecule has 1 aromatic carbocycles. The maximum Gasteiger partial charge on any atom is 0.129 e. The lowest BCUT2D eigenvalue weighted by atomic mass is 10.0. The number of hydrogen-bond acceptors (Lipinski definition) is 3. The number of benzene rings is 1. The largest absolute Gasteiger partial charge is 0.383 e. The van der Waals surface area contributed by atoms with Crippen LogP contribution in [0.5, 0.6) is 0 Å². The van der Waals surface area contributed by atoms with Gasteiger partial charge in [0, 0.05) is 24.8 Å². The van der Waals surface area contributed by atoms with Gasteiger partial charge in [0.25, 0.3) is 0 Å². The number of rotatable bonds is 2. The summed E-state index contributed by atoms with van der Waals surface area (Å²) in [5.41, 5.74) is 9.73. The Hall–Kier alpha value is -2.08. The van der Waals surface area contributed by atoms with Crippen LogP contribution in [-0.4, -0.2) is 19.3 Å². The van der Waals surface area contributed by atoms with Gasteiger partial charge in [0.15, 0.2) is 0 Å². The van der Waals surface area contributed by atoms with Crippen LogP contribution in [-0.2, 0) is 14.1 Å². The maximum absolute atomic E-state index is 6.17. The van der Waals surface area contributed by atoms with Gasteiger partial charge in [-0.1, -0.05) is 28.1 Å². The summed E-state index contributed by atoms with van der Waals surface area (Å²) in [7, 11) is 3.77. The number of aromatic nitrogens is 4. The van der Waals surface area contributed by atoms with Crippen LogP contribution in [0.25, 0.3) is 22.5 Å². The molecule has 3 rings (SSSR count). The highest BCUT2D eigenvalue weighted by atomic mass is 79.9. The first-order valence-electron chi connectivity index (χ1n) is 6.13. The Bertz CT molecular complexity index is 754. The van der Waals surface area contributed by atoms with Crippen LogP contribution in [0.15, 0.2) is 41.3 Å². The second kappa shape index (κ2) is 4.79. The minimum absolute atomic E-state index is 0.632. The third-order valence-electron chi connectivity index (χ3n) is 3.17. The summed E-state index contributed by atoms with van der Waals surface area (Å²) < 4.78 is 4.61. The molecule has 5 nitrogen and oxygen atoms in total. The molecule has 20 heavy (non-hydrogen) atoms. The fraction of sp³-hybridized carbons (Fsp3) is 0.143. The zero-order valence-corrected chi connectivity index (χ0v) is 12.8. The molecule has 0 unspecified atom stereocenters. The van der Waals surface area contributed by atoms with Crippen LogP contribution in [0, 0.1) is 0 Å². The third-order valence-corrected chi connectivity index (χ3v) is 3.70. The van der Waals surface area contributed by atoms with E-state index in [1.807, 2.05) is 49.1 Å². The third kappa shape index (κ3) is 2.12. The summed E-state index contributed by atoms with van der Waals surface area (Å²) in [6.07, 6.45) is 3.69. The van der Waals surface area contributed by atoms with Crippen LogP contribution in [0.2, 0.25) is 0 Å². The quantitative estimate of drug-likeness (QED) is 0.785. The number of anilines is 1. The van der Waals surface area contributed by atoms with Gasteiger partial charge in [-0.05, 0) is 17.7 Å². The van der Waals surface area contributed by atoms with Gasteiger partial charge in [0.2, 0.25) is 0 Å². The maximum atomic E-state index is 6.17. The van der Waals surface area contributed by atoms with Crippen LogP contribution in [0.1, 0.15) is 0 Å². The van der Waals surface area contributed by atoms with E-state index in [1.54, 1.807) is 11.0 Å². The molecular weight excluding hydrogens is 318 g/mol. The van der Waals surface area contributed by atoms with Gasteiger partial charge >= 0.3 is 0 Å². The molecule has 0 saturated carbocycles. The van der Waals surface area contributed by atoms with E-state index in [0.717, 1.165) is 27.0 Å². The zero-order chi connectivity index (χ0) is 14.3. The Labute approximate surface area is 125 Å². The second-order valence-electron chi connectivity index (χ2n) is 4.66. The van der Waals surface area contributed by atoms with Crippen LogP contribution in [0.4, 0.5) is 5.82 Å². The number of nitrogens with two attached hydrogens (primary N) is 1. The van der Waals surface area contributed by atoms with Crippen molar-refractivity contribution in [2.45, 2.75) is 0 Å². The van der Waals surface area contributed by atoms with Crippen molar-refractivity contribution in [3.8, 4) is 22.5 Å². The summed E-state index contributed by atoms with van der Waals surface area (Å²) in [5.74, 6) is 0.632. The summed E-state index contributed by atoms with van der Waals surface area (Å²) in [6.45, 7) is 0. The van der Waals surface area contributed by atoms with Gasteiger partial charge in [-0.3, -0.25) is 4.68 Å². The predicted molar refractivity (Wildman–Crippen MR) is 83.0 cm³/mol. The summed E-state index contributed by atoms with van der Waals surface area (Å²) >= 11 is 3.44. The average molecular weight is 332 g/mol. The molecule has 3 aromatic rings. The van der Waals surface area contributed by atoms with E-state index < -0.39 is 0 Å². The highest BCUT2D eigenvalue weighted by Gasteiger charge is 2.18. The minimum Gasteiger partial charge on any atom is -0.383 e. The zero-order valence-electron chi connectivity index (χ0n) is 11.2. The monoisotopic (exact) mass is 331 g/mol. The fourth-order valence-corrected chi connectivity index (χ4v) is 2.42. The molecular formula is C14H14BrN5. The molecule has 2 aromatic heterocycles. The second-order valence-corrected chi connectivity index (χ2v) is 5.58. The SMILES string of the molecule is Cn1cnc(-c2nn(C)c(N)c2-c2ccc(Br)cc2)c1. The predicted octanol–water partition coefficient (Wildman–Crippen LogP) is 2.83. The van der Waals surface area contributed by atoms with Crippen LogP contribution >= 0.6 is 15.9 Å². The number of aryl methyl sites for hydroxylation is 2. The fourth-order valence-electron chi connectivity index (χ4n) is 2.15. The normalized spacial score (nSPS) is 10.9. The van der Waals surface area contributed by atoms with E-state index >= 15 is 0 Å². The van der Waals surface area contributed by atoms with Crippen molar-refractivity contribution in [1.29, 1.82) is 0 Å². The Morgan fingerprint density at radius 1 is 1.15 bits per heavy atom. The van der Waals surface area contributed by atoms with Gasteiger partial charge < -0.3 is 10.3 Å². The van der Waals surface area contributed by atoms with E-state index in [0.29, 0.717) is 5.82 Å². The molecule has 0 fully saturated rings. The van der Waals surface area contributed by atoms with Crippen LogP contribution in [0.3, 0.4) is 0 Å². The van der Waals surface area contributed by atoms with Crippen molar-refractivity contribution < 1.29 is 0 Å². The molecule has 0 aliphatic rings. The lowest BCUT2D eigenvalue weighted by Crippen LogP contribution is -1.97. The summed E-state index contributed by atoms with van der Waals surface area (Å²) in [6, 6.07) is 8.02. The van der Waals surface area contributed by atoms with Crippen molar-refractivity contribution in [2.75, 3.05) is 5.73 Å². The number of hydrogen-bond donors (Lipinski definition) is 1. The minimum atomic E-state index is 0.632. The molecule has 0 saturated heterocycles. The number of nitrogen functional groups attached to an aromatic ring is 1. The van der Waals surface area contributed by atoms with Crippen molar-refractivity contribution in [3.63, 3.8) is 0 Å². The van der Waals surface area contributed by atoms with Crippen LogP contribution < -0.4 is 5.73 Å². The molecule has 0 spiro atoms. The molecule has 0 atom stereocenters. The molecule has 2 heterocycles. The molecule has 0 amide bonds. The highest BCUT2D eigenvalue weighted by molar-refractivity contribution is 9.10. The topological polar surface area (TPSA) is 61.7 Å². The molecule has 6 heteroatoms. The Morgan fingerprint density at radius 2 is 1.85 bits per heavy atom. The van der Waals surface area contributed by atoms with Crippen molar-refractivity contribution in [3.05, 3.63) is 41.3 Å². The average Bonchev–Trinajstić information content (AvgIpc) is 2.97. The number of nitrogens with zero attached hydrogens (tertiary/aromatic N) is 4. The smallest absolute Gasteiger partial charge is 0.129 e. The molecule has 0 radical (unpaired) electrons. The standard InChI is InChI=1S/C14H14BrN5/c1-19-7-11(17-8-19)13-12(14(16)20(2)18-13)9-3-5-10(15)6-4-9/h3-8H,16H2,1-2H3. The molecule has 2 N–H and O–H groups in total. The first-order valence-corrected chi connectivity index (χ1v) is 6.92. The molecule has 0 aliphatic heterocycles. The molecule has 0 bridgehead atoms. The van der Waals surface area contributed by atoms with Gasteiger partial charge in [0.05, 0.1) is 11.9 Å². The Morgan fingerprint density at radius 3 is 2.45 bits per heavy atom. The summed E-state index contributed by atoms with van der Waals surface area (Å²) in [5, 5.41) is 4.50. The Kier molecular flexibility index (Phi) is 3.10. The first-order chi connectivity index (χ1) is 9.56. The van der Waals surface area contributed by atoms with Crippen molar-refractivity contribution >= 4 is 21.7 Å². The van der Waals surface area contributed by atoms with Gasteiger partial charge in [-0.2, -0.15) is 5.10 Å². The molecule has 102 valence electrons. The summed E-state index contributed by atoms with van der Waals surface area (Å²) in [4.78, 5) is 4.37. The Balaban J connectivity index is 2.21. The van der Waals surface area contributed by atoms with E-state index in [1.165, 1.54) is 0 Å². The number of imidazole rings is 1. The van der Waals surface area contributed by atoms with E-state index in [-0.39, 0.29) is 0 Å². The number of halogens is 1. The first kappa shape index (κ1) is 12.9. The van der Waals surface area contributed by atoms with E-state index in [2.05, 4.69) is 26.0 Å². The van der Waals surface area contributed by atoms with Gasteiger partial charge in [0.1, 0.15) is 17.2 Å². The van der Waals surface area contributed by atoms with Gasteiger partial charge in [-0.25, -0.2) is 4.98 Å². The van der Waals surface area contributed by atoms with E-state index in [4.69, 9.17) is 5.73 Å². The lowest BCUT2D eigenvalue weighted by Gasteiger charge is -2.03.